The summed E-state index contributed by atoms with van der Waals surface area (Å²) in [5, 5.41) is 0. The lowest BCUT2D eigenvalue weighted by atomic mass is 9.98. The Morgan fingerprint density at radius 3 is 2.38 bits per heavy atom. The van der Waals surface area contributed by atoms with Gasteiger partial charge < -0.3 is 28.4 Å². The Hall–Kier alpha value is -1.02. The molecule has 3 aliphatic rings. The van der Waals surface area contributed by atoms with Crippen LogP contribution in [0.4, 0.5) is 4.79 Å². The maximum absolute atomic E-state index is 12.2. The van der Waals surface area contributed by atoms with Gasteiger partial charge in [-0.3, -0.25) is 0 Å². The number of rotatable bonds is 4. The standard InChI is InChI=1S/C17H29NO10S/c1-14(2,3)27-13(19)18-29(20,21)23-9-17-12(26-16(6,7)28-17)11-10(8-22-17)24-15(4,5)25-11/h10-12H,8-9H2,1-7H3,(H,18,19)/t10-,11-,12+,17?/m1/s1. The second kappa shape index (κ2) is 7.01. The Morgan fingerprint density at radius 2 is 1.76 bits per heavy atom. The van der Waals surface area contributed by atoms with Crippen LogP contribution in [0.25, 0.3) is 0 Å². The van der Waals surface area contributed by atoms with Gasteiger partial charge in [-0.1, -0.05) is 0 Å². The number of fused-ring (bicyclic) bond motifs is 3. The lowest BCUT2D eigenvalue weighted by molar-refractivity contribution is -0.290. The van der Waals surface area contributed by atoms with Gasteiger partial charge in [0.2, 0.25) is 5.79 Å². The molecular weight excluding hydrogens is 410 g/mol. The predicted molar refractivity (Wildman–Crippen MR) is 96.8 cm³/mol. The minimum atomic E-state index is -4.49. The first-order chi connectivity index (χ1) is 13.0. The fraction of sp³-hybridized carbons (Fsp3) is 0.941. The highest BCUT2D eigenvalue weighted by atomic mass is 32.2. The number of amides is 1. The van der Waals surface area contributed by atoms with E-state index in [1.807, 2.05) is 0 Å². The second-order valence-electron chi connectivity index (χ2n) is 9.12. The van der Waals surface area contributed by atoms with Crippen LogP contribution in [0.15, 0.2) is 0 Å². The molecular formula is C17H29NO10S. The molecule has 3 fully saturated rings. The molecule has 12 heteroatoms. The normalized spacial score (nSPS) is 35.6. The summed E-state index contributed by atoms with van der Waals surface area (Å²) in [6.07, 6.45) is -2.92. The van der Waals surface area contributed by atoms with E-state index in [2.05, 4.69) is 0 Å². The maximum Gasteiger partial charge on any atom is 0.423 e. The number of carbonyl (C=O) groups is 1. The van der Waals surface area contributed by atoms with Gasteiger partial charge in [0.05, 0.1) is 6.61 Å². The third-order valence-corrected chi connectivity index (χ3v) is 5.14. The maximum atomic E-state index is 12.2. The van der Waals surface area contributed by atoms with E-state index in [0.29, 0.717) is 0 Å². The first-order valence-electron chi connectivity index (χ1n) is 9.29. The van der Waals surface area contributed by atoms with Crippen LogP contribution < -0.4 is 4.72 Å². The van der Waals surface area contributed by atoms with E-state index < -0.39 is 64.3 Å². The Kier molecular flexibility index (Phi) is 5.48. The molecule has 0 aromatic heterocycles. The van der Waals surface area contributed by atoms with E-state index in [1.54, 1.807) is 53.2 Å². The highest BCUT2D eigenvalue weighted by Crippen LogP contribution is 2.47. The van der Waals surface area contributed by atoms with Crippen LogP contribution in [0, 0.1) is 0 Å². The second-order valence-corrected chi connectivity index (χ2v) is 10.5. The first kappa shape index (κ1) is 22.7. The molecule has 1 N–H and O–H groups in total. The number of ether oxygens (including phenoxy) is 6. The molecule has 11 nitrogen and oxygen atoms in total. The van der Waals surface area contributed by atoms with Crippen LogP contribution in [0.2, 0.25) is 0 Å². The fourth-order valence-corrected chi connectivity index (χ4v) is 4.16. The van der Waals surface area contributed by atoms with Gasteiger partial charge in [0.15, 0.2) is 11.6 Å². The molecule has 0 saturated carbocycles. The minimum absolute atomic E-state index is 0.0902. The van der Waals surface area contributed by atoms with Crippen LogP contribution in [0.1, 0.15) is 48.5 Å². The summed E-state index contributed by atoms with van der Waals surface area (Å²) in [7, 11) is -4.49. The molecule has 4 atom stereocenters. The summed E-state index contributed by atoms with van der Waals surface area (Å²) in [4.78, 5) is 11.8. The van der Waals surface area contributed by atoms with E-state index in [9.17, 15) is 13.2 Å². The van der Waals surface area contributed by atoms with Crippen LogP contribution >= 0.6 is 0 Å². The summed E-state index contributed by atoms with van der Waals surface area (Å²) in [5.74, 6) is -3.49. The summed E-state index contributed by atoms with van der Waals surface area (Å²) in [6, 6.07) is 0. The number of carbonyl (C=O) groups excluding carboxylic acids is 1. The highest BCUT2D eigenvalue weighted by molar-refractivity contribution is 7.85. The van der Waals surface area contributed by atoms with E-state index in [0.717, 1.165) is 0 Å². The van der Waals surface area contributed by atoms with Gasteiger partial charge in [0.1, 0.15) is 30.5 Å². The molecule has 3 aliphatic heterocycles. The van der Waals surface area contributed by atoms with Crippen molar-refractivity contribution >= 4 is 16.4 Å². The SMILES string of the molecule is CC(C)(C)OC(=O)NS(=O)(=O)OCC12OC[C@H]3OC(C)(C)O[C@H]3[C@@H]1OC(C)(C)O2. The lowest BCUT2D eigenvalue weighted by Gasteiger charge is -2.40. The third kappa shape index (κ3) is 5.19. The van der Waals surface area contributed by atoms with Gasteiger partial charge in [-0.05, 0) is 48.5 Å². The zero-order valence-corrected chi connectivity index (χ0v) is 18.5. The van der Waals surface area contributed by atoms with E-state index >= 15 is 0 Å². The summed E-state index contributed by atoms with van der Waals surface area (Å²) in [5.41, 5.74) is -0.871. The summed E-state index contributed by atoms with van der Waals surface area (Å²) in [6.45, 7) is 11.2. The third-order valence-electron chi connectivity index (χ3n) is 4.30. The zero-order valence-electron chi connectivity index (χ0n) is 17.6. The molecule has 29 heavy (non-hydrogen) atoms. The number of nitrogens with one attached hydrogen (secondary N) is 1. The molecule has 168 valence electrons. The first-order valence-corrected chi connectivity index (χ1v) is 10.7. The van der Waals surface area contributed by atoms with Crippen molar-refractivity contribution < 1.29 is 45.8 Å². The largest absolute Gasteiger partial charge is 0.443 e. The fourth-order valence-electron chi connectivity index (χ4n) is 3.54. The average Bonchev–Trinajstić information content (AvgIpc) is 2.94. The zero-order chi connectivity index (χ0) is 21.9. The van der Waals surface area contributed by atoms with Crippen molar-refractivity contribution in [2.45, 2.75) is 89.7 Å². The smallest absolute Gasteiger partial charge is 0.423 e. The summed E-state index contributed by atoms with van der Waals surface area (Å²) < 4.78 is 65.4. The molecule has 0 spiro atoms. The van der Waals surface area contributed by atoms with E-state index in [-0.39, 0.29) is 6.61 Å². The van der Waals surface area contributed by atoms with Crippen molar-refractivity contribution in [3.05, 3.63) is 0 Å². The van der Waals surface area contributed by atoms with Crippen LogP contribution in [0.5, 0.6) is 0 Å². The Bertz CT molecular complexity index is 759. The highest BCUT2D eigenvalue weighted by Gasteiger charge is 2.65. The molecule has 3 heterocycles. The van der Waals surface area contributed by atoms with E-state index in [1.165, 1.54) is 0 Å². The Morgan fingerprint density at radius 1 is 1.10 bits per heavy atom. The van der Waals surface area contributed by atoms with Crippen molar-refractivity contribution in [3.8, 4) is 0 Å². The van der Waals surface area contributed by atoms with Crippen LogP contribution in [-0.4, -0.2) is 69.0 Å². The Labute approximate surface area is 170 Å². The van der Waals surface area contributed by atoms with Crippen LogP contribution in [-0.2, 0) is 42.9 Å². The number of hydrogen-bond acceptors (Lipinski definition) is 10. The number of hydrogen-bond donors (Lipinski definition) is 1. The van der Waals surface area contributed by atoms with Crippen molar-refractivity contribution in [2.24, 2.45) is 0 Å². The molecule has 0 bridgehead atoms. The van der Waals surface area contributed by atoms with Crippen LogP contribution in [0.3, 0.4) is 0 Å². The molecule has 3 saturated heterocycles. The van der Waals surface area contributed by atoms with Crippen molar-refractivity contribution in [1.29, 1.82) is 0 Å². The monoisotopic (exact) mass is 439 g/mol. The van der Waals surface area contributed by atoms with Crippen molar-refractivity contribution in [2.75, 3.05) is 13.2 Å². The van der Waals surface area contributed by atoms with Gasteiger partial charge in [-0.25, -0.2) is 8.98 Å². The quantitative estimate of drug-likeness (QED) is 0.682. The molecule has 3 rings (SSSR count). The van der Waals surface area contributed by atoms with Crippen molar-refractivity contribution in [3.63, 3.8) is 0 Å². The van der Waals surface area contributed by atoms with Crippen molar-refractivity contribution in [1.82, 2.24) is 4.72 Å². The predicted octanol–water partition coefficient (Wildman–Crippen LogP) is 1.17. The van der Waals surface area contributed by atoms with Gasteiger partial charge in [-0.15, -0.1) is 0 Å². The lowest BCUT2D eigenvalue weighted by Crippen LogP contribution is -2.60. The molecule has 0 aromatic rings. The summed E-state index contributed by atoms with van der Waals surface area (Å²) >= 11 is 0. The van der Waals surface area contributed by atoms with Gasteiger partial charge in [0, 0.05) is 0 Å². The molecule has 0 aliphatic carbocycles. The van der Waals surface area contributed by atoms with Gasteiger partial charge in [0.25, 0.3) is 0 Å². The van der Waals surface area contributed by atoms with Gasteiger partial charge >= 0.3 is 16.4 Å². The average molecular weight is 439 g/mol. The topological polar surface area (TPSA) is 128 Å². The Balaban J connectivity index is 1.72. The van der Waals surface area contributed by atoms with E-state index in [4.69, 9.17) is 32.6 Å². The molecule has 1 unspecified atom stereocenters. The van der Waals surface area contributed by atoms with Gasteiger partial charge in [-0.2, -0.15) is 13.1 Å². The minimum Gasteiger partial charge on any atom is -0.443 e. The molecule has 0 radical (unpaired) electrons. The molecule has 0 aromatic carbocycles. The molecule has 1 amide bonds.